The Balaban J connectivity index is 1.88. The van der Waals surface area contributed by atoms with Crippen LogP contribution >= 0.6 is 15.9 Å². The van der Waals surface area contributed by atoms with E-state index in [0.29, 0.717) is 15.6 Å². The number of aliphatic imine (C=N–C) groups is 1. The van der Waals surface area contributed by atoms with Crippen molar-refractivity contribution in [2.45, 2.75) is 11.9 Å². The molecule has 0 radical (unpaired) electrons. The second-order valence-electron chi connectivity index (χ2n) is 6.77. The quantitative estimate of drug-likeness (QED) is 0.350. The van der Waals surface area contributed by atoms with Gasteiger partial charge in [-0.2, -0.15) is 18.2 Å². The van der Waals surface area contributed by atoms with Crippen molar-refractivity contribution in [2.75, 3.05) is 0 Å². The van der Waals surface area contributed by atoms with Gasteiger partial charge < -0.3 is 4.74 Å². The van der Waals surface area contributed by atoms with Crippen molar-refractivity contribution in [3.05, 3.63) is 94.5 Å². The molecule has 0 aliphatic carbocycles. The average Bonchev–Trinajstić information content (AvgIpc) is 3.11. The van der Waals surface area contributed by atoms with E-state index in [1.54, 1.807) is 66.7 Å². The molecule has 0 bridgehead atoms. The lowest BCUT2D eigenvalue weighted by Gasteiger charge is -2.40. The van der Waals surface area contributed by atoms with Gasteiger partial charge in [0, 0.05) is 15.6 Å². The first-order valence-electron chi connectivity index (χ1n) is 9.04. The number of alkyl halides is 3. The fourth-order valence-corrected chi connectivity index (χ4v) is 4.04. The van der Waals surface area contributed by atoms with Crippen LogP contribution in [0, 0.1) is 0 Å². The van der Waals surface area contributed by atoms with Crippen molar-refractivity contribution in [3.8, 4) is 0 Å². The van der Waals surface area contributed by atoms with E-state index < -0.39 is 11.9 Å². The number of benzene rings is 3. The number of imidazole rings is 1. The van der Waals surface area contributed by atoms with Gasteiger partial charge in [-0.05, 0) is 30.3 Å². The number of hydrogen-bond donors (Lipinski definition) is 0. The number of ether oxygens (including phenoxy) is 1. The highest BCUT2D eigenvalue weighted by Crippen LogP contribution is 2.49. The van der Waals surface area contributed by atoms with Crippen LogP contribution in [0.25, 0.3) is 11.0 Å². The molecule has 4 nitrogen and oxygen atoms in total. The maximum Gasteiger partial charge on any atom is 0.454 e. The van der Waals surface area contributed by atoms with E-state index in [1.165, 1.54) is 12.1 Å². The Morgan fingerprint density at radius 1 is 0.900 bits per heavy atom. The fraction of sp³-hybridized carbons (Fsp3) is 0.0909. The molecule has 1 aliphatic heterocycles. The third-order valence-electron chi connectivity index (χ3n) is 4.92. The molecule has 0 saturated heterocycles. The summed E-state index contributed by atoms with van der Waals surface area (Å²) in [6.45, 7) is 0. The average molecular weight is 472 g/mol. The number of aromatic nitrogens is 2. The van der Waals surface area contributed by atoms with Crippen LogP contribution in [0.4, 0.5) is 19.1 Å². The normalized spacial score (nSPS) is 18.6. The summed E-state index contributed by atoms with van der Waals surface area (Å²) < 4.78 is 52.2. The van der Waals surface area contributed by atoms with Crippen LogP contribution < -0.4 is 0 Å². The molecule has 8 heteroatoms. The van der Waals surface area contributed by atoms with E-state index in [1.807, 2.05) is 0 Å². The van der Waals surface area contributed by atoms with Gasteiger partial charge in [-0.1, -0.05) is 64.5 Å². The van der Waals surface area contributed by atoms with Gasteiger partial charge in [0.15, 0.2) is 0 Å². The molecule has 1 aromatic heterocycles. The molecular formula is C22H13BrF3N3O. The number of halogens is 4. The number of hydrogen-bond acceptors (Lipinski definition) is 3. The standard InChI is InChI=1S/C22H13BrF3N3O/c23-16-10-6-7-14(13-16)19-28-20-27-17-11-4-5-12-18(17)29(20)21(30-19,22(24,25)26)15-8-2-1-3-9-15/h1-13H/t21-/m0/s1. The topological polar surface area (TPSA) is 39.4 Å². The molecule has 30 heavy (non-hydrogen) atoms. The van der Waals surface area contributed by atoms with E-state index in [-0.39, 0.29) is 22.9 Å². The van der Waals surface area contributed by atoms with Crippen LogP contribution in [0.1, 0.15) is 11.1 Å². The zero-order chi connectivity index (χ0) is 20.9. The van der Waals surface area contributed by atoms with E-state index in [4.69, 9.17) is 4.74 Å². The van der Waals surface area contributed by atoms with Crippen molar-refractivity contribution in [2.24, 2.45) is 4.99 Å². The zero-order valence-corrected chi connectivity index (χ0v) is 16.9. The Kier molecular flexibility index (Phi) is 4.21. The Labute approximate surface area is 177 Å². The molecule has 4 aromatic rings. The zero-order valence-electron chi connectivity index (χ0n) is 15.3. The van der Waals surface area contributed by atoms with Crippen LogP contribution in [-0.4, -0.2) is 21.6 Å². The lowest BCUT2D eigenvalue weighted by Crippen LogP contribution is -2.53. The summed E-state index contributed by atoms with van der Waals surface area (Å²) in [4.78, 5) is 8.72. The lowest BCUT2D eigenvalue weighted by molar-refractivity contribution is -0.271. The summed E-state index contributed by atoms with van der Waals surface area (Å²) in [5.74, 6) is -0.223. The molecule has 5 rings (SSSR count). The molecule has 0 saturated carbocycles. The van der Waals surface area contributed by atoms with E-state index in [2.05, 4.69) is 25.9 Å². The summed E-state index contributed by atoms with van der Waals surface area (Å²) in [5, 5.41) is 0. The van der Waals surface area contributed by atoms with Crippen molar-refractivity contribution >= 4 is 38.8 Å². The van der Waals surface area contributed by atoms with Crippen LogP contribution in [0.2, 0.25) is 0 Å². The molecule has 0 unspecified atom stereocenters. The number of para-hydroxylation sites is 2. The monoisotopic (exact) mass is 471 g/mol. The van der Waals surface area contributed by atoms with Crippen molar-refractivity contribution < 1.29 is 17.9 Å². The molecule has 0 amide bonds. The summed E-state index contributed by atoms with van der Waals surface area (Å²) in [6, 6.07) is 21.0. The third-order valence-corrected chi connectivity index (χ3v) is 5.42. The summed E-state index contributed by atoms with van der Waals surface area (Å²) in [7, 11) is 0. The lowest BCUT2D eigenvalue weighted by atomic mass is 10.00. The molecule has 3 aromatic carbocycles. The Morgan fingerprint density at radius 3 is 2.37 bits per heavy atom. The van der Waals surface area contributed by atoms with Crippen LogP contribution in [0.15, 0.2) is 88.3 Å². The maximum atomic E-state index is 14.9. The van der Waals surface area contributed by atoms with Crippen molar-refractivity contribution in [1.29, 1.82) is 0 Å². The smallest absolute Gasteiger partial charge is 0.436 e. The van der Waals surface area contributed by atoms with Crippen molar-refractivity contribution in [3.63, 3.8) is 0 Å². The fourth-order valence-electron chi connectivity index (χ4n) is 3.64. The Hall–Kier alpha value is -3.13. The predicted molar refractivity (Wildman–Crippen MR) is 111 cm³/mol. The highest BCUT2D eigenvalue weighted by Gasteiger charge is 2.63. The van der Waals surface area contributed by atoms with Gasteiger partial charge in [0.05, 0.1) is 11.0 Å². The summed E-state index contributed by atoms with van der Waals surface area (Å²) >= 11 is 3.35. The second kappa shape index (κ2) is 6.70. The van der Waals surface area contributed by atoms with Gasteiger partial charge >= 0.3 is 11.9 Å². The van der Waals surface area contributed by atoms with Gasteiger partial charge in [-0.25, -0.2) is 4.98 Å². The molecule has 2 heterocycles. The Morgan fingerprint density at radius 2 is 1.63 bits per heavy atom. The van der Waals surface area contributed by atoms with Crippen LogP contribution in [0.3, 0.4) is 0 Å². The molecule has 0 N–H and O–H groups in total. The van der Waals surface area contributed by atoms with Crippen molar-refractivity contribution in [1.82, 2.24) is 9.55 Å². The first-order valence-corrected chi connectivity index (χ1v) is 9.83. The minimum atomic E-state index is -4.81. The predicted octanol–water partition coefficient (Wildman–Crippen LogP) is 6.17. The summed E-state index contributed by atoms with van der Waals surface area (Å²) in [6.07, 6.45) is -4.81. The molecule has 1 atom stereocenters. The molecule has 1 aliphatic rings. The third kappa shape index (κ3) is 2.74. The number of nitrogens with zero attached hydrogens (tertiary/aromatic N) is 3. The van der Waals surface area contributed by atoms with Crippen LogP contribution in [-0.2, 0) is 10.5 Å². The van der Waals surface area contributed by atoms with E-state index in [0.717, 1.165) is 4.57 Å². The first-order chi connectivity index (χ1) is 14.4. The van der Waals surface area contributed by atoms with Gasteiger partial charge in [0.2, 0.25) is 11.8 Å². The van der Waals surface area contributed by atoms with Gasteiger partial charge in [-0.3, -0.25) is 4.57 Å². The van der Waals surface area contributed by atoms with Crippen LogP contribution in [0.5, 0.6) is 0 Å². The minimum absolute atomic E-state index is 0.0655. The number of fused-ring (bicyclic) bond motifs is 3. The Bertz CT molecular complexity index is 1280. The van der Waals surface area contributed by atoms with Gasteiger partial charge in [0.25, 0.3) is 0 Å². The highest BCUT2D eigenvalue weighted by molar-refractivity contribution is 9.10. The van der Waals surface area contributed by atoms with Gasteiger partial charge in [-0.15, -0.1) is 0 Å². The van der Waals surface area contributed by atoms with E-state index >= 15 is 0 Å². The largest absolute Gasteiger partial charge is 0.454 e. The molecule has 150 valence electrons. The minimum Gasteiger partial charge on any atom is -0.436 e. The molecule has 0 spiro atoms. The molecule has 0 fully saturated rings. The van der Waals surface area contributed by atoms with Gasteiger partial charge in [0.1, 0.15) is 0 Å². The summed E-state index contributed by atoms with van der Waals surface area (Å²) in [5.41, 5.74) is -1.79. The highest BCUT2D eigenvalue weighted by atomic mass is 79.9. The SMILES string of the molecule is FC(F)(F)[C@]1(c2ccccc2)OC(c2cccc(Br)c2)=Nc2nc3ccccc3n21. The molecular weight excluding hydrogens is 459 g/mol. The first kappa shape index (κ1) is 18.9. The number of rotatable bonds is 2. The van der Waals surface area contributed by atoms with E-state index in [9.17, 15) is 13.2 Å². The second-order valence-corrected chi connectivity index (χ2v) is 7.69. The maximum absolute atomic E-state index is 14.9.